The molecule has 19 heteroatoms. The van der Waals surface area contributed by atoms with E-state index in [9.17, 15) is 43.2 Å². The zero-order chi connectivity index (χ0) is 67.7. The lowest BCUT2D eigenvalue weighted by molar-refractivity contribution is -0.161. The van der Waals surface area contributed by atoms with Crippen molar-refractivity contribution in [3.63, 3.8) is 0 Å². The molecule has 6 atom stereocenters. The van der Waals surface area contributed by atoms with E-state index < -0.39 is 97.5 Å². The van der Waals surface area contributed by atoms with E-state index >= 15 is 0 Å². The summed E-state index contributed by atoms with van der Waals surface area (Å²) in [6, 6.07) is 0. The van der Waals surface area contributed by atoms with E-state index in [0.29, 0.717) is 25.7 Å². The monoisotopic (exact) mass is 1350 g/mol. The maximum absolute atomic E-state index is 13.1. The fourth-order valence-electron chi connectivity index (χ4n) is 11.1. The van der Waals surface area contributed by atoms with Crippen LogP contribution in [0.1, 0.15) is 381 Å². The van der Waals surface area contributed by atoms with E-state index in [4.69, 9.17) is 37.0 Å². The quantitative estimate of drug-likeness (QED) is 0.0222. The molecule has 0 aliphatic heterocycles. The predicted molar refractivity (Wildman–Crippen MR) is 372 cm³/mol. The summed E-state index contributed by atoms with van der Waals surface area (Å²) in [5.41, 5.74) is 0. The summed E-state index contributed by atoms with van der Waals surface area (Å²) < 4.78 is 68.2. The minimum absolute atomic E-state index is 0.105. The van der Waals surface area contributed by atoms with Crippen molar-refractivity contribution in [2.45, 2.75) is 400 Å². The summed E-state index contributed by atoms with van der Waals surface area (Å²) in [5.74, 6) is -1.28. The number of unbranched alkanes of at least 4 members (excludes halogenated alkanes) is 44. The largest absolute Gasteiger partial charge is 0.472 e. The third kappa shape index (κ3) is 65.4. The Morgan fingerprint density at radius 1 is 0.304 bits per heavy atom. The topological polar surface area (TPSA) is 237 Å². The number of aliphatic hydroxyl groups excluding tert-OH is 1. The van der Waals surface area contributed by atoms with Crippen molar-refractivity contribution in [2.24, 2.45) is 5.92 Å². The van der Waals surface area contributed by atoms with E-state index in [1.54, 1.807) is 0 Å². The minimum atomic E-state index is -4.95. The first-order valence-corrected chi connectivity index (χ1v) is 41.2. The summed E-state index contributed by atoms with van der Waals surface area (Å²) in [6.07, 6.45) is 54.4. The van der Waals surface area contributed by atoms with Crippen LogP contribution < -0.4 is 0 Å². The number of carbonyl (C=O) groups excluding carboxylic acids is 4. The van der Waals surface area contributed by atoms with Crippen LogP contribution in [0.4, 0.5) is 0 Å². The molecule has 0 spiro atoms. The summed E-state index contributed by atoms with van der Waals surface area (Å²) in [4.78, 5) is 72.4. The average Bonchev–Trinajstić information content (AvgIpc) is 1.76. The van der Waals surface area contributed by atoms with Gasteiger partial charge in [-0.15, -0.1) is 0 Å². The number of aliphatic hydroxyl groups is 1. The van der Waals surface area contributed by atoms with Crippen molar-refractivity contribution in [1.29, 1.82) is 0 Å². The van der Waals surface area contributed by atoms with Gasteiger partial charge in [-0.25, -0.2) is 9.13 Å². The number of ether oxygens (including phenoxy) is 4. The number of phosphoric acid groups is 2. The molecule has 0 aromatic heterocycles. The highest BCUT2D eigenvalue weighted by Crippen LogP contribution is 2.45. The van der Waals surface area contributed by atoms with Crippen molar-refractivity contribution in [3.8, 4) is 0 Å². The lowest BCUT2D eigenvalue weighted by atomic mass is 9.99. The zero-order valence-electron chi connectivity index (χ0n) is 59.7. The van der Waals surface area contributed by atoms with Gasteiger partial charge in [0.05, 0.1) is 26.4 Å². The number of hydrogen-bond acceptors (Lipinski definition) is 15. The van der Waals surface area contributed by atoms with Crippen LogP contribution in [-0.4, -0.2) is 96.7 Å². The van der Waals surface area contributed by atoms with Gasteiger partial charge in [-0.3, -0.25) is 37.3 Å². The van der Waals surface area contributed by atoms with Gasteiger partial charge in [0.1, 0.15) is 19.3 Å². The van der Waals surface area contributed by atoms with Crippen LogP contribution >= 0.6 is 15.6 Å². The fourth-order valence-corrected chi connectivity index (χ4v) is 12.7. The Labute approximate surface area is 562 Å². The Morgan fingerprint density at radius 3 is 0.772 bits per heavy atom. The average molecular weight is 1350 g/mol. The summed E-state index contributed by atoms with van der Waals surface area (Å²) >= 11 is 0. The fraction of sp³-hybridized carbons (Fsp3) is 0.945. The van der Waals surface area contributed by atoms with Gasteiger partial charge in [0.25, 0.3) is 0 Å². The molecular formula is C73H142O17P2. The summed E-state index contributed by atoms with van der Waals surface area (Å²) in [5, 5.41) is 10.6. The first kappa shape index (κ1) is 90.1. The molecule has 0 heterocycles. The minimum Gasteiger partial charge on any atom is -0.462 e. The third-order valence-electron chi connectivity index (χ3n) is 17.4. The van der Waals surface area contributed by atoms with Crippen molar-refractivity contribution in [3.05, 3.63) is 0 Å². The summed E-state index contributed by atoms with van der Waals surface area (Å²) in [6.45, 7) is 7.25. The number of carbonyl (C=O) groups is 4. The lowest BCUT2D eigenvalue weighted by Gasteiger charge is -2.21. The second-order valence-corrected chi connectivity index (χ2v) is 29.5. The smallest absolute Gasteiger partial charge is 0.462 e. The molecule has 0 bridgehead atoms. The molecule has 546 valence electrons. The number of hydrogen-bond donors (Lipinski definition) is 3. The highest BCUT2D eigenvalue weighted by molar-refractivity contribution is 7.47. The van der Waals surface area contributed by atoms with E-state index in [-0.39, 0.29) is 25.7 Å². The van der Waals surface area contributed by atoms with Gasteiger partial charge >= 0.3 is 39.5 Å². The molecule has 0 rings (SSSR count). The van der Waals surface area contributed by atoms with Crippen molar-refractivity contribution in [1.82, 2.24) is 0 Å². The Kier molecular flexibility index (Phi) is 64.9. The molecule has 0 aliphatic carbocycles. The Morgan fingerprint density at radius 2 is 0.522 bits per heavy atom. The van der Waals surface area contributed by atoms with E-state index in [1.807, 2.05) is 0 Å². The molecule has 0 saturated carbocycles. The van der Waals surface area contributed by atoms with Gasteiger partial charge < -0.3 is 33.8 Å². The first-order chi connectivity index (χ1) is 44.6. The second-order valence-electron chi connectivity index (χ2n) is 26.6. The standard InChI is InChI=1S/C73H142O17P2/c1-6-10-13-16-19-21-22-23-24-25-26-27-28-33-36-39-44-49-54-59-73(78)90-69(63-84-71(76)57-52-47-43-38-35-32-30-29-31-34-37-41-45-50-55-66(5)9-4)65-88-92(81,82)86-61-67(74)60-85-91(79,80)87-64-68(62-83-70(75)56-51-46-40-18-15-12-8-3)89-72(77)58-53-48-42-20-17-14-11-7-2/h66-69,74H,6-65H2,1-5H3,(H,79,80)(H,81,82)/t66?,67-,68+,69+/m0/s1. The first-order valence-electron chi connectivity index (χ1n) is 38.2. The van der Waals surface area contributed by atoms with Crippen LogP contribution in [-0.2, 0) is 65.4 Å². The Balaban J connectivity index is 5.14. The van der Waals surface area contributed by atoms with E-state index in [1.165, 1.54) is 186 Å². The number of esters is 4. The number of phosphoric ester groups is 2. The SMILES string of the molecule is CCCCCCCCCCCCCCCCCCCCCC(=O)O[C@H](COC(=O)CCCCCCCCCCCCCCCCC(C)CC)COP(=O)(O)OC[C@@H](O)COP(=O)(O)OC[C@@H](COC(=O)CCCCCCCCC)OC(=O)CCCCCCCCCC. The molecule has 17 nitrogen and oxygen atoms in total. The Bertz CT molecular complexity index is 1770. The summed E-state index contributed by atoms with van der Waals surface area (Å²) in [7, 11) is -9.89. The van der Waals surface area contributed by atoms with Crippen LogP contribution in [0.5, 0.6) is 0 Å². The van der Waals surface area contributed by atoms with Crippen LogP contribution in [0.15, 0.2) is 0 Å². The second kappa shape index (κ2) is 66.3. The molecular weight excluding hydrogens is 1210 g/mol. The normalized spacial score (nSPS) is 14.3. The molecule has 3 N–H and O–H groups in total. The maximum Gasteiger partial charge on any atom is 0.472 e. The predicted octanol–water partition coefficient (Wildman–Crippen LogP) is 21.3. The molecule has 0 radical (unpaired) electrons. The zero-order valence-corrected chi connectivity index (χ0v) is 61.5. The van der Waals surface area contributed by atoms with Crippen LogP contribution in [0.25, 0.3) is 0 Å². The van der Waals surface area contributed by atoms with Crippen molar-refractivity contribution >= 4 is 39.5 Å². The van der Waals surface area contributed by atoms with E-state index in [2.05, 4.69) is 34.6 Å². The molecule has 3 unspecified atom stereocenters. The third-order valence-corrected chi connectivity index (χ3v) is 19.3. The van der Waals surface area contributed by atoms with Gasteiger partial charge in [-0.1, -0.05) is 330 Å². The molecule has 0 aromatic rings. The van der Waals surface area contributed by atoms with Crippen LogP contribution in [0.2, 0.25) is 0 Å². The van der Waals surface area contributed by atoms with Crippen LogP contribution in [0.3, 0.4) is 0 Å². The molecule has 0 amide bonds. The molecule has 0 aromatic carbocycles. The highest BCUT2D eigenvalue weighted by Gasteiger charge is 2.30. The Hall–Kier alpha value is -1.94. The lowest BCUT2D eigenvalue weighted by Crippen LogP contribution is -2.30. The molecule has 0 aliphatic rings. The van der Waals surface area contributed by atoms with E-state index in [0.717, 1.165) is 115 Å². The number of rotatable bonds is 73. The highest BCUT2D eigenvalue weighted by atomic mass is 31.2. The maximum atomic E-state index is 13.1. The van der Waals surface area contributed by atoms with Gasteiger partial charge in [0.2, 0.25) is 0 Å². The van der Waals surface area contributed by atoms with Gasteiger partial charge in [-0.05, 0) is 31.6 Å². The van der Waals surface area contributed by atoms with Gasteiger partial charge in [-0.2, -0.15) is 0 Å². The molecule has 0 saturated heterocycles. The van der Waals surface area contributed by atoms with Crippen molar-refractivity contribution in [2.75, 3.05) is 39.6 Å². The van der Waals surface area contributed by atoms with Gasteiger partial charge in [0, 0.05) is 25.7 Å². The van der Waals surface area contributed by atoms with Crippen molar-refractivity contribution < 1.29 is 80.2 Å². The van der Waals surface area contributed by atoms with Crippen LogP contribution in [0, 0.1) is 5.92 Å². The molecule has 92 heavy (non-hydrogen) atoms. The molecule has 0 fully saturated rings. The van der Waals surface area contributed by atoms with Gasteiger partial charge in [0.15, 0.2) is 12.2 Å².